The van der Waals surface area contributed by atoms with Gasteiger partial charge in [0.05, 0.1) is 25.0 Å². The van der Waals surface area contributed by atoms with Gasteiger partial charge in [0.25, 0.3) is 0 Å². The molecule has 0 aromatic rings. The van der Waals surface area contributed by atoms with Crippen LogP contribution < -0.4 is 11.1 Å². The Kier molecular flexibility index (Phi) is 3.63. The van der Waals surface area contributed by atoms with E-state index in [1.54, 1.807) is 4.90 Å². The highest BCUT2D eigenvalue weighted by Gasteiger charge is 2.38. The minimum absolute atomic E-state index is 0.0746. The number of likely N-dealkylation sites (tertiary alicyclic amines) is 1. The van der Waals surface area contributed by atoms with Crippen molar-refractivity contribution in [3.8, 4) is 0 Å². The third-order valence-corrected chi connectivity index (χ3v) is 3.67. The topological polar surface area (TPSA) is 84.7 Å². The van der Waals surface area contributed by atoms with Crippen molar-refractivity contribution in [2.45, 2.75) is 12.5 Å². The normalized spacial score (nSPS) is 33.0. The Morgan fingerprint density at radius 1 is 1.41 bits per heavy atom. The van der Waals surface area contributed by atoms with Gasteiger partial charge in [0.2, 0.25) is 11.8 Å². The number of primary amides is 1. The molecule has 6 nitrogen and oxygen atoms in total. The van der Waals surface area contributed by atoms with E-state index in [4.69, 9.17) is 10.5 Å². The molecular weight excluding hydrogens is 222 g/mol. The maximum Gasteiger partial charge on any atom is 0.229 e. The van der Waals surface area contributed by atoms with Crippen LogP contribution in [0.3, 0.4) is 0 Å². The van der Waals surface area contributed by atoms with Crippen molar-refractivity contribution in [1.29, 1.82) is 0 Å². The van der Waals surface area contributed by atoms with E-state index in [9.17, 15) is 9.59 Å². The van der Waals surface area contributed by atoms with Crippen molar-refractivity contribution in [2.24, 2.45) is 17.6 Å². The van der Waals surface area contributed by atoms with Crippen molar-refractivity contribution in [3.05, 3.63) is 0 Å². The second-order valence-corrected chi connectivity index (χ2v) is 4.71. The largest absolute Gasteiger partial charge is 0.379 e. The highest BCUT2D eigenvalue weighted by molar-refractivity contribution is 5.83. The van der Waals surface area contributed by atoms with Crippen molar-refractivity contribution in [2.75, 3.05) is 33.4 Å². The number of amides is 2. The third kappa shape index (κ3) is 2.42. The van der Waals surface area contributed by atoms with Crippen LogP contribution >= 0.6 is 0 Å². The van der Waals surface area contributed by atoms with Crippen LogP contribution in [0.25, 0.3) is 0 Å². The fraction of sp³-hybridized carbons (Fsp3) is 0.818. The number of nitrogens with zero attached hydrogens (tertiary/aromatic N) is 1. The molecule has 2 aliphatic rings. The molecule has 0 aromatic carbocycles. The molecule has 2 aliphatic heterocycles. The summed E-state index contributed by atoms with van der Waals surface area (Å²) in [6.45, 7) is 2.11. The lowest BCUT2D eigenvalue weighted by atomic mass is 10.0. The monoisotopic (exact) mass is 241 g/mol. The summed E-state index contributed by atoms with van der Waals surface area (Å²) in [6.07, 6.45) is 0.679. The average molecular weight is 241 g/mol. The molecule has 3 N–H and O–H groups in total. The molecule has 2 amide bonds. The number of nitrogens with one attached hydrogen (secondary N) is 1. The zero-order chi connectivity index (χ0) is 12.4. The van der Waals surface area contributed by atoms with E-state index in [2.05, 4.69) is 5.32 Å². The summed E-state index contributed by atoms with van der Waals surface area (Å²) >= 11 is 0. The van der Waals surface area contributed by atoms with Crippen LogP contribution in [0.4, 0.5) is 0 Å². The zero-order valence-corrected chi connectivity index (χ0v) is 10.0. The van der Waals surface area contributed by atoms with Crippen LogP contribution in [0, 0.1) is 11.8 Å². The van der Waals surface area contributed by atoms with Crippen molar-refractivity contribution < 1.29 is 14.3 Å². The Balaban J connectivity index is 1.95. The smallest absolute Gasteiger partial charge is 0.229 e. The molecule has 0 aromatic heterocycles. The van der Waals surface area contributed by atoms with Crippen LogP contribution in [0.2, 0.25) is 0 Å². The predicted molar refractivity (Wildman–Crippen MR) is 61.0 cm³/mol. The molecule has 0 radical (unpaired) electrons. The van der Waals surface area contributed by atoms with Crippen LogP contribution in [0.5, 0.6) is 0 Å². The Labute approximate surface area is 100 Å². The van der Waals surface area contributed by atoms with Crippen LogP contribution in [-0.4, -0.2) is 56.1 Å². The van der Waals surface area contributed by atoms with Crippen molar-refractivity contribution in [3.63, 3.8) is 0 Å². The van der Waals surface area contributed by atoms with Crippen molar-refractivity contribution >= 4 is 11.8 Å². The number of hydrogen-bond donors (Lipinski definition) is 2. The molecule has 2 rings (SSSR count). The van der Waals surface area contributed by atoms with Gasteiger partial charge in [-0.05, 0) is 13.5 Å². The van der Waals surface area contributed by atoms with E-state index in [1.807, 2.05) is 7.05 Å². The number of likely N-dealkylation sites (N-methyl/N-ethyl adjacent to an activating group) is 1. The van der Waals surface area contributed by atoms with Crippen molar-refractivity contribution in [1.82, 2.24) is 10.2 Å². The first-order valence-electron chi connectivity index (χ1n) is 5.96. The molecule has 3 unspecified atom stereocenters. The maximum atomic E-state index is 12.2. The highest BCUT2D eigenvalue weighted by atomic mass is 16.5. The number of ether oxygens (including phenoxy) is 1. The maximum absolute atomic E-state index is 12.2. The number of carbonyl (C=O) groups excluding carboxylic acids is 2. The number of nitrogens with two attached hydrogens (primary N) is 1. The molecule has 2 saturated heterocycles. The predicted octanol–water partition coefficient (Wildman–Crippen LogP) is -1.45. The van der Waals surface area contributed by atoms with E-state index in [1.165, 1.54) is 0 Å². The lowest BCUT2D eigenvalue weighted by Gasteiger charge is -2.23. The van der Waals surface area contributed by atoms with Gasteiger partial charge >= 0.3 is 0 Å². The molecule has 0 saturated carbocycles. The first kappa shape index (κ1) is 12.3. The van der Waals surface area contributed by atoms with Gasteiger partial charge in [-0.1, -0.05) is 0 Å². The molecule has 2 heterocycles. The third-order valence-electron chi connectivity index (χ3n) is 3.67. The fourth-order valence-electron chi connectivity index (χ4n) is 2.51. The van der Waals surface area contributed by atoms with Gasteiger partial charge in [0.15, 0.2) is 0 Å². The lowest BCUT2D eigenvalue weighted by molar-refractivity contribution is -0.135. The highest BCUT2D eigenvalue weighted by Crippen LogP contribution is 2.22. The molecule has 96 valence electrons. The van der Waals surface area contributed by atoms with Gasteiger partial charge in [-0.15, -0.1) is 0 Å². The molecule has 3 atom stereocenters. The molecule has 2 fully saturated rings. The number of rotatable bonds is 3. The summed E-state index contributed by atoms with van der Waals surface area (Å²) in [4.78, 5) is 25.0. The Morgan fingerprint density at radius 3 is 2.76 bits per heavy atom. The molecule has 6 heteroatoms. The van der Waals surface area contributed by atoms with Crippen LogP contribution in [-0.2, 0) is 14.3 Å². The van der Waals surface area contributed by atoms with E-state index < -0.39 is 0 Å². The van der Waals surface area contributed by atoms with Gasteiger partial charge in [0, 0.05) is 19.1 Å². The summed E-state index contributed by atoms with van der Waals surface area (Å²) in [6, 6.07) is 0.0788. The molecular formula is C11H19N3O3. The fourth-order valence-corrected chi connectivity index (χ4v) is 2.51. The Bertz CT molecular complexity index is 321. The second-order valence-electron chi connectivity index (χ2n) is 4.71. The van der Waals surface area contributed by atoms with Gasteiger partial charge in [-0.2, -0.15) is 0 Å². The van der Waals surface area contributed by atoms with Gasteiger partial charge in [-0.25, -0.2) is 0 Å². The summed E-state index contributed by atoms with van der Waals surface area (Å²) in [5.41, 5.74) is 5.25. The molecule has 0 bridgehead atoms. The van der Waals surface area contributed by atoms with Gasteiger partial charge in [0.1, 0.15) is 0 Å². The number of hydrogen-bond acceptors (Lipinski definition) is 4. The van der Waals surface area contributed by atoms with Crippen LogP contribution in [0.15, 0.2) is 0 Å². The summed E-state index contributed by atoms with van der Waals surface area (Å²) in [5, 5.41) is 3.09. The minimum atomic E-state index is -0.312. The van der Waals surface area contributed by atoms with E-state index >= 15 is 0 Å². The summed E-state index contributed by atoms with van der Waals surface area (Å²) < 4.78 is 5.31. The molecule has 0 aliphatic carbocycles. The Hall–Kier alpha value is -1.14. The van der Waals surface area contributed by atoms with E-state index in [-0.39, 0.29) is 29.7 Å². The average Bonchev–Trinajstić information content (AvgIpc) is 2.96. The van der Waals surface area contributed by atoms with E-state index in [0.29, 0.717) is 32.7 Å². The van der Waals surface area contributed by atoms with E-state index in [0.717, 1.165) is 0 Å². The first-order chi connectivity index (χ1) is 8.13. The summed E-state index contributed by atoms with van der Waals surface area (Å²) in [5.74, 6) is -0.556. The zero-order valence-electron chi connectivity index (χ0n) is 10.0. The SMILES string of the molecule is CNC1COCC1C(=O)N1CCC(C(N)=O)C1. The summed E-state index contributed by atoms with van der Waals surface area (Å²) in [7, 11) is 1.83. The van der Waals surface area contributed by atoms with Crippen LogP contribution in [0.1, 0.15) is 6.42 Å². The standard InChI is InChI=1S/C11H19N3O3/c1-13-9-6-17-5-8(9)11(16)14-3-2-7(4-14)10(12)15/h7-9,13H,2-6H2,1H3,(H2,12,15). The second kappa shape index (κ2) is 5.01. The Morgan fingerprint density at radius 2 is 2.18 bits per heavy atom. The minimum Gasteiger partial charge on any atom is -0.379 e. The quantitative estimate of drug-likeness (QED) is 0.633. The lowest BCUT2D eigenvalue weighted by Crippen LogP contribution is -2.44. The number of carbonyl (C=O) groups is 2. The molecule has 0 spiro atoms. The first-order valence-corrected chi connectivity index (χ1v) is 5.96. The van der Waals surface area contributed by atoms with Gasteiger partial charge in [-0.3, -0.25) is 9.59 Å². The van der Waals surface area contributed by atoms with Gasteiger partial charge < -0.3 is 20.7 Å². The molecule has 17 heavy (non-hydrogen) atoms.